The van der Waals surface area contributed by atoms with Gasteiger partial charge in [-0.15, -0.1) is 0 Å². The molecule has 0 saturated heterocycles. The summed E-state index contributed by atoms with van der Waals surface area (Å²) in [6.45, 7) is 3.89. The van der Waals surface area contributed by atoms with Crippen LogP contribution in [0.25, 0.3) is 10.8 Å². The maximum Gasteiger partial charge on any atom is 0.359 e. The molecule has 0 saturated carbocycles. The number of unbranched alkanes of at least 4 members (excludes halogenated alkanes) is 2. The van der Waals surface area contributed by atoms with Crippen LogP contribution < -0.4 is 10.3 Å². The SMILES string of the molecule is CCCCCn1nc(C(=O)OCc2cc(C(C)=O)ccc2OC)c2ccccc2c1=O. The smallest absolute Gasteiger partial charge is 0.359 e. The number of hydrogen-bond acceptors (Lipinski definition) is 6. The second kappa shape index (κ2) is 10.0. The van der Waals surface area contributed by atoms with Crippen LogP contribution in [0.2, 0.25) is 0 Å². The van der Waals surface area contributed by atoms with Crippen molar-refractivity contribution in [3.05, 3.63) is 69.6 Å². The predicted octanol–water partition coefficient (Wildman–Crippen LogP) is 4.15. The lowest BCUT2D eigenvalue weighted by Crippen LogP contribution is -2.26. The molecule has 7 heteroatoms. The van der Waals surface area contributed by atoms with E-state index in [9.17, 15) is 14.4 Å². The molecule has 0 radical (unpaired) electrons. The summed E-state index contributed by atoms with van der Waals surface area (Å²) in [5.74, 6) is -0.224. The molecule has 0 spiro atoms. The summed E-state index contributed by atoms with van der Waals surface area (Å²) in [6, 6.07) is 11.9. The number of aryl methyl sites for hydroxylation is 1. The van der Waals surface area contributed by atoms with Crippen molar-refractivity contribution in [1.29, 1.82) is 0 Å². The molecule has 3 aromatic rings. The first-order valence-electron chi connectivity index (χ1n) is 10.3. The molecule has 0 aliphatic heterocycles. The first-order valence-corrected chi connectivity index (χ1v) is 10.3. The van der Waals surface area contributed by atoms with E-state index in [2.05, 4.69) is 12.0 Å². The van der Waals surface area contributed by atoms with Crippen LogP contribution in [0, 0.1) is 0 Å². The molecule has 3 rings (SSSR count). The number of Topliss-reactive ketones (excluding diaryl/α,β-unsaturated/α-hetero) is 1. The number of ether oxygens (including phenoxy) is 2. The molecule has 2 aromatic carbocycles. The molecule has 31 heavy (non-hydrogen) atoms. The molecule has 0 atom stereocenters. The Bertz CT molecular complexity index is 1170. The van der Waals surface area contributed by atoms with Crippen molar-refractivity contribution in [3.8, 4) is 5.75 Å². The van der Waals surface area contributed by atoms with Gasteiger partial charge in [-0.25, -0.2) is 9.48 Å². The summed E-state index contributed by atoms with van der Waals surface area (Å²) in [7, 11) is 1.51. The van der Waals surface area contributed by atoms with E-state index in [0.29, 0.717) is 34.2 Å². The molecule has 0 aliphatic carbocycles. The minimum absolute atomic E-state index is 0.0892. The van der Waals surface area contributed by atoms with E-state index in [-0.39, 0.29) is 23.6 Å². The molecule has 0 amide bonds. The minimum atomic E-state index is -0.643. The summed E-state index contributed by atoms with van der Waals surface area (Å²) < 4.78 is 12.2. The van der Waals surface area contributed by atoms with Gasteiger partial charge in [-0.3, -0.25) is 9.59 Å². The van der Waals surface area contributed by atoms with E-state index in [1.165, 1.54) is 18.7 Å². The molecule has 0 unspecified atom stereocenters. The van der Waals surface area contributed by atoms with Crippen molar-refractivity contribution in [3.63, 3.8) is 0 Å². The third kappa shape index (κ3) is 4.99. The van der Waals surface area contributed by atoms with Crippen LogP contribution in [-0.2, 0) is 17.9 Å². The summed E-state index contributed by atoms with van der Waals surface area (Å²) >= 11 is 0. The molecular weight excluding hydrogens is 396 g/mol. The monoisotopic (exact) mass is 422 g/mol. The standard InChI is InChI=1S/C24H26N2O5/c1-4-5-8-13-26-23(28)20-10-7-6-9-19(20)22(25-26)24(29)31-15-18-14-17(16(2)27)11-12-21(18)30-3/h6-7,9-12,14H,4-5,8,13,15H2,1-3H3. The van der Waals surface area contributed by atoms with Gasteiger partial charge in [-0.05, 0) is 37.6 Å². The fourth-order valence-corrected chi connectivity index (χ4v) is 3.37. The number of carbonyl (C=O) groups is 2. The predicted molar refractivity (Wildman–Crippen MR) is 118 cm³/mol. The molecule has 1 heterocycles. The Labute approximate surface area is 180 Å². The molecule has 0 N–H and O–H groups in total. The second-order valence-corrected chi connectivity index (χ2v) is 7.29. The quantitative estimate of drug-likeness (QED) is 0.292. The number of rotatable bonds is 9. The van der Waals surface area contributed by atoms with Crippen LogP contribution in [0.4, 0.5) is 0 Å². The van der Waals surface area contributed by atoms with Crippen LogP contribution in [0.1, 0.15) is 59.5 Å². The zero-order valence-corrected chi connectivity index (χ0v) is 18.0. The van der Waals surface area contributed by atoms with Gasteiger partial charge in [0.05, 0.1) is 12.5 Å². The zero-order valence-electron chi connectivity index (χ0n) is 18.0. The Hall–Kier alpha value is -3.48. The van der Waals surface area contributed by atoms with Gasteiger partial charge in [0.1, 0.15) is 12.4 Å². The van der Waals surface area contributed by atoms with E-state index in [4.69, 9.17) is 9.47 Å². The van der Waals surface area contributed by atoms with E-state index < -0.39 is 5.97 Å². The highest BCUT2D eigenvalue weighted by atomic mass is 16.5. The molecular formula is C24H26N2O5. The fraction of sp³-hybridized carbons (Fsp3) is 0.333. The largest absolute Gasteiger partial charge is 0.496 e. The number of ketones is 1. The third-order valence-corrected chi connectivity index (χ3v) is 5.08. The van der Waals surface area contributed by atoms with Gasteiger partial charge in [-0.1, -0.05) is 38.0 Å². The number of nitrogens with zero attached hydrogens (tertiary/aromatic N) is 2. The number of carbonyl (C=O) groups excluding carboxylic acids is 2. The van der Waals surface area contributed by atoms with Crippen molar-refractivity contribution in [2.75, 3.05) is 7.11 Å². The van der Waals surface area contributed by atoms with Crippen molar-refractivity contribution >= 4 is 22.5 Å². The minimum Gasteiger partial charge on any atom is -0.496 e. The zero-order chi connectivity index (χ0) is 22.4. The van der Waals surface area contributed by atoms with E-state index in [1.54, 1.807) is 42.5 Å². The first-order chi connectivity index (χ1) is 15.0. The molecule has 0 bridgehead atoms. The molecule has 0 fully saturated rings. The van der Waals surface area contributed by atoms with Crippen LogP contribution >= 0.6 is 0 Å². The Morgan fingerprint density at radius 1 is 1.06 bits per heavy atom. The molecule has 162 valence electrons. The van der Waals surface area contributed by atoms with Crippen molar-refractivity contribution in [2.45, 2.75) is 46.3 Å². The van der Waals surface area contributed by atoms with E-state index in [1.807, 2.05) is 0 Å². The summed E-state index contributed by atoms with van der Waals surface area (Å²) in [6.07, 6.45) is 2.77. The van der Waals surface area contributed by atoms with Crippen LogP contribution in [0.15, 0.2) is 47.3 Å². The topological polar surface area (TPSA) is 87.5 Å². The van der Waals surface area contributed by atoms with Gasteiger partial charge in [0.25, 0.3) is 5.56 Å². The number of fused-ring (bicyclic) bond motifs is 1. The van der Waals surface area contributed by atoms with Gasteiger partial charge < -0.3 is 9.47 Å². The molecule has 1 aromatic heterocycles. The van der Waals surface area contributed by atoms with Gasteiger partial charge >= 0.3 is 5.97 Å². The lowest BCUT2D eigenvalue weighted by atomic mass is 10.1. The highest BCUT2D eigenvalue weighted by Gasteiger charge is 2.19. The van der Waals surface area contributed by atoms with Gasteiger partial charge in [0.15, 0.2) is 11.5 Å². The van der Waals surface area contributed by atoms with Gasteiger partial charge in [0, 0.05) is 23.1 Å². The highest BCUT2D eigenvalue weighted by molar-refractivity contribution is 6.02. The lowest BCUT2D eigenvalue weighted by Gasteiger charge is -2.13. The summed E-state index contributed by atoms with van der Waals surface area (Å²) in [4.78, 5) is 37.4. The van der Waals surface area contributed by atoms with Crippen molar-refractivity contribution in [1.82, 2.24) is 9.78 Å². The normalized spacial score (nSPS) is 10.8. The third-order valence-electron chi connectivity index (χ3n) is 5.08. The van der Waals surface area contributed by atoms with Crippen molar-refractivity contribution < 1.29 is 19.1 Å². The van der Waals surface area contributed by atoms with Crippen LogP contribution in [0.3, 0.4) is 0 Å². The number of esters is 1. The number of hydrogen-bond donors (Lipinski definition) is 0. The van der Waals surface area contributed by atoms with Crippen LogP contribution in [-0.4, -0.2) is 28.6 Å². The van der Waals surface area contributed by atoms with Gasteiger partial charge in [0.2, 0.25) is 0 Å². The first kappa shape index (κ1) is 22.2. The Morgan fingerprint density at radius 3 is 2.48 bits per heavy atom. The Balaban J connectivity index is 1.92. The highest BCUT2D eigenvalue weighted by Crippen LogP contribution is 2.22. The second-order valence-electron chi connectivity index (χ2n) is 7.29. The van der Waals surface area contributed by atoms with Crippen LogP contribution in [0.5, 0.6) is 5.75 Å². The lowest BCUT2D eigenvalue weighted by molar-refractivity contribution is 0.0462. The Morgan fingerprint density at radius 2 is 1.81 bits per heavy atom. The van der Waals surface area contributed by atoms with E-state index in [0.717, 1.165) is 19.3 Å². The summed E-state index contributed by atoms with van der Waals surface area (Å²) in [5.41, 5.74) is 0.941. The fourth-order valence-electron chi connectivity index (χ4n) is 3.37. The van der Waals surface area contributed by atoms with E-state index >= 15 is 0 Å². The molecule has 7 nitrogen and oxygen atoms in total. The average Bonchev–Trinajstić information content (AvgIpc) is 2.78. The number of methoxy groups -OCH3 is 1. The number of aromatic nitrogens is 2. The molecule has 0 aliphatic rings. The maximum absolute atomic E-state index is 12.9. The number of benzene rings is 2. The Kier molecular flexibility index (Phi) is 7.18. The summed E-state index contributed by atoms with van der Waals surface area (Å²) in [5, 5.41) is 5.20. The average molecular weight is 422 g/mol. The van der Waals surface area contributed by atoms with Gasteiger partial charge in [-0.2, -0.15) is 5.10 Å². The van der Waals surface area contributed by atoms with Crippen molar-refractivity contribution in [2.24, 2.45) is 0 Å². The maximum atomic E-state index is 12.9.